The number of aromatic amines is 1. The number of nitrogens with zero attached hydrogens (tertiary/aromatic N) is 2. The normalized spacial score (nSPS) is 11.7. The van der Waals surface area contributed by atoms with Gasteiger partial charge in [0.05, 0.1) is 23.7 Å². The molecule has 0 saturated carbocycles. The van der Waals surface area contributed by atoms with Crippen LogP contribution in [0.3, 0.4) is 0 Å². The van der Waals surface area contributed by atoms with Gasteiger partial charge in [-0.15, -0.1) is 0 Å². The number of nitrogens with one attached hydrogen (secondary N) is 1. The second-order valence-electron chi connectivity index (χ2n) is 6.18. The van der Waals surface area contributed by atoms with E-state index < -0.39 is 0 Å². The van der Waals surface area contributed by atoms with Crippen molar-refractivity contribution in [2.45, 2.75) is 6.92 Å². The monoisotopic (exact) mass is 339 g/mol. The Labute approximate surface area is 151 Å². The lowest BCUT2D eigenvalue weighted by Crippen LogP contribution is -1.91. The molecule has 0 bridgehead atoms. The molecule has 0 atom stereocenters. The van der Waals surface area contributed by atoms with Crippen LogP contribution in [0.15, 0.2) is 54.6 Å². The first-order valence-electron chi connectivity index (χ1n) is 8.34. The Kier molecular flexibility index (Phi) is 3.91. The summed E-state index contributed by atoms with van der Waals surface area (Å²) in [5, 5.41) is 11.9. The van der Waals surface area contributed by atoms with Gasteiger partial charge >= 0.3 is 0 Å². The van der Waals surface area contributed by atoms with Crippen LogP contribution in [0, 0.1) is 18.3 Å². The van der Waals surface area contributed by atoms with Crippen LogP contribution in [-0.2, 0) is 0 Å². The molecule has 1 N–H and O–H groups in total. The van der Waals surface area contributed by atoms with Crippen molar-refractivity contribution in [1.82, 2.24) is 9.97 Å². The topological polar surface area (TPSA) is 61.7 Å². The first-order valence-corrected chi connectivity index (χ1v) is 8.34. The summed E-state index contributed by atoms with van der Waals surface area (Å²) in [4.78, 5) is 7.82. The molecule has 0 amide bonds. The van der Waals surface area contributed by atoms with Crippen molar-refractivity contribution in [3.05, 3.63) is 71.5 Å². The van der Waals surface area contributed by atoms with Gasteiger partial charge in [0.2, 0.25) is 0 Å². The maximum absolute atomic E-state index is 9.74. The highest BCUT2D eigenvalue weighted by Gasteiger charge is 2.12. The van der Waals surface area contributed by atoms with E-state index in [9.17, 15) is 5.26 Å². The van der Waals surface area contributed by atoms with Crippen molar-refractivity contribution < 1.29 is 4.74 Å². The zero-order valence-electron chi connectivity index (χ0n) is 14.6. The van der Waals surface area contributed by atoms with Gasteiger partial charge in [0.25, 0.3) is 0 Å². The van der Waals surface area contributed by atoms with Gasteiger partial charge in [0, 0.05) is 5.56 Å². The van der Waals surface area contributed by atoms with Crippen LogP contribution in [-0.4, -0.2) is 17.1 Å². The summed E-state index contributed by atoms with van der Waals surface area (Å²) in [7, 11) is 1.64. The zero-order valence-corrected chi connectivity index (χ0v) is 14.6. The molecule has 4 nitrogen and oxygen atoms in total. The molecule has 0 aliphatic rings. The first kappa shape index (κ1) is 15.9. The Morgan fingerprint density at radius 2 is 2.00 bits per heavy atom. The molecule has 0 unspecified atom stereocenters. The predicted molar refractivity (Wildman–Crippen MR) is 105 cm³/mol. The summed E-state index contributed by atoms with van der Waals surface area (Å²) in [5.41, 5.74) is 4.25. The van der Waals surface area contributed by atoms with Crippen LogP contribution < -0.4 is 4.74 Å². The number of nitriles is 1. The van der Waals surface area contributed by atoms with Gasteiger partial charge < -0.3 is 9.72 Å². The molecule has 0 radical (unpaired) electrons. The smallest absolute Gasteiger partial charge is 0.149 e. The lowest BCUT2D eigenvalue weighted by molar-refractivity contribution is 0.414. The fraction of sp³-hybridized carbons (Fsp3) is 0.0909. The summed E-state index contributed by atoms with van der Waals surface area (Å²) in [6.07, 6.45) is 1.84. The summed E-state index contributed by atoms with van der Waals surface area (Å²) < 4.78 is 5.52. The van der Waals surface area contributed by atoms with Crippen LogP contribution in [0.5, 0.6) is 5.75 Å². The SMILES string of the molecule is COc1ccc2ccccc2c1C=C(C#N)c1nc2ccc(C)cc2[nH]1. The Morgan fingerprint density at radius 1 is 1.15 bits per heavy atom. The number of rotatable bonds is 3. The third-order valence-corrected chi connectivity index (χ3v) is 4.45. The Bertz CT molecular complexity index is 1200. The van der Waals surface area contributed by atoms with Gasteiger partial charge in [-0.1, -0.05) is 36.4 Å². The molecule has 0 saturated heterocycles. The number of hydrogen-bond acceptors (Lipinski definition) is 3. The first-order chi connectivity index (χ1) is 12.7. The Morgan fingerprint density at radius 3 is 2.81 bits per heavy atom. The molecule has 3 aromatic carbocycles. The average Bonchev–Trinajstić information content (AvgIpc) is 3.08. The summed E-state index contributed by atoms with van der Waals surface area (Å²) >= 11 is 0. The van der Waals surface area contributed by atoms with Gasteiger partial charge in [-0.25, -0.2) is 4.98 Å². The van der Waals surface area contributed by atoms with Crippen LogP contribution in [0.1, 0.15) is 17.0 Å². The van der Waals surface area contributed by atoms with Crippen LogP contribution in [0.25, 0.3) is 33.5 Å². The Hall–Kier alpha value is -3.58. The lowest BCUT2D eigenvalue weighted by atomic mass is 10.0. The number of methoxy groups -OCH3 is 1. The summed E-state index contributed by atoms with van der Waals surface area (Å²) in [5.74, 6) is 1.28. The van der Waals surface area contributed by atoms with Gasteiger partial charge in [-0.05, 0) is 47.5 Å². The number of H-pyrrole nitrogens is 1. The highest BCUT2D eigenvalue weighted by molar-refractivity contribution is 6.00. The van der Waals surface area contributed by atoms with Crippen LogP contribution in [0.4, 0.5) is 0 Å². The van der Waals surface area contributed by atoms with E-state index in [-0.39, 0.29) is 0 Å². The van der Waals surface area contributed by atoms with Crippen LogP contribution in [0.2, 0.25) is 0 Å². The highest BCUT2D eigenvalue weighted by atomic mass is 16.5. The zero-order chi connectivity index (χ0) is 18.1. The molecule has 4 rings (SSSR count). The van der Waals surface area contributed by atoms with E-state index >= 15 is 0 Å². The van der Waals surface area contributed by atoms with Crippen molar-refractivity contribution >= 4 is 33.5 Å². The van der Waals surface area contributed by atoms with E-state index in [1.807, 2.05) is 67.6 Å². The minimum atomic E-state index is 0.466. The van der Waals surface area contributed by atoms with Crippen molar-refractivity contribution in [3.8, 4) is 11.8 Å². The van der Waals surface area contributed by atoms with Crippen LogP contribution >= 0.6 is 0 Å². The van der Waals surface area contributed by atoms with E-state index in [1.54, 1.807) is 7.11 Å². The molecule has 1 heterocycles. The number of aryl methyl sites for hydroxylation is 1. The van der Waals surface area contributed by atoms with Crippen molar-refractivity contribution in [2.75, 3.05) is 7.11 Å². The molecule has 26 heavy (non-hydrogen) atoms. The fourth-order valence-electron chi connectivity index (χ4n) is 3.15. The maximum atomic E-state index is 9.74. The standard InChI is InChI=1S/C22H17N3O/c1-14-7-9-19-20(11-14)25-22(24-19)16(13-23)12-18-17-6-4-3-5-15(17)8-10-21(18)26-2/h3-12H,1-2H3,(H,24,25). The number of fused-ring (bicyclic) bond motifs is 2. The van der Waals surface area contributed by atoms with E-state index in [0.29, 0.717) is 11.4 Å². The molecule has 0 fully saturated rings. The third-order valence-electron chi connectivity index (χ3n) is 4.45. The number of ether oxygens (including phenoxy) is 1. The highest BCUT2D eigenvalue weighted by Crippen LogP contribution is 2.31. The lowest BCUT2D eigenvalue weighted by Gasteiger charge is -2.09. The minimum absolute atomic E-state index is 0.466. The molecule has 4 heteroatoms. The third kappa shape index (κ3) is 2.70. The second-order valence-corrected chi connectivity index (χ2v) is 6.18. The van der Waals surface area contributed by atoms with E-state index in [0.717, 1.165) is 38.7 Å². The molecular weight excluding hydrogens is 322 g/mol. The van der Waals surface area contributed by atoms with Crippen molar-refractivity contribution in [2.24, 2.45) is 0 Å². The van der Waals surface area contributed by atoms with E-state index in [2.05, 4.69) is 16.0 Å². The van der Waals surface area contributed by atoms with Gasteiger partial charge in [0.15, 0.2) is 0 Å². The number of hydrogen-bond donors (Lipinski definition) is 1. The van der Waals surface area contributed by atoms with Gasteiger partial charge in [-0.2, -0.15) is 5.26 Å². The largest absolute Gasteiger partial charge is 0.496 e. The fourth-order valence-corrected chi connectivity index (χ4v) is 3.15. The van der Waals surface area contributed by atoms with E-state index in [1.165, 1.54) is 0 Å². The molecule has 126 valence electrons. The molecule has 4 aromatic rings. The molecule has 0 aliphatic heterocycles. The molecular formula is C22H17N3O. The Balaban J connectivity index is 1.92. The molecule has 1 aromatic heterocycles. The maximum Gasteiger partial charge on any atom is 0.149 e. The van der Waals surface area contributed by atoms with Crippen molar-refractivity contribution in [3.63, 3.8) is 0 Å². The number of benzene rings is 3. The molecule has 0 aliphatic carbocycles. The minimum Gasteiger partial charge on any atom is -0.496 e. The van der Waals surface area contributed by atoms with Gasteiger partial charge in [0.1, 0.15) is 17.6 Å². The number of allylic oxidation sites excluding steroid dienone is 1. The summed E-state index contributed by atoms with van der Waals surface area (Å²) in [6.45, 7) is 2.03. The number of imidazole rings is 1. The van der Waals surface area contributed by atoms with E-state index in [4.69, 9.17) is 4.74 Å². The predicted octanol–water partition coefficient (Wildman–Crippen LogP) is 5.10. The molecule has 0 spiro atoms. The summed E-state index contributed by atoms with van der Waals surface area (Å²) in [6, 6.07) is 20.3. The van der Waals surface area contributed by atoms with Crippen molar-refractivity contribution in [1.29, 1.82) is 5.26 Å². The van der Waals surface area contributed by atoms with Gasteiger partial charge in [-0.3, -0.25) is 0 Å². The average molecular weight is 339 g/mol. The second kappa shape index (κ2) is 6.38. The number of aromatic nitrogens is 2. The quantitative estimate of drug-likeness (QED) is 0.528.